The molecule has 1 aromatic carbocycles. The molecule has 5 fully saturated rings. The van der Waals surface area contributed by atoms with Crippen LogP contribution < -0.4 is 10.6 Å². The summed E-state index contributed by atoms with van der Waals surface area (Å²) in [5.41, 5.74) is 2.60. The Morgan fingerprint density at radius 2 is 1.63 bits per heavy atom. The molecule has 6 aliphatic rings. The van der Waals surface area contributed by atoms with Crippen LogP contribution in [0.15, 0.2) is 24.3 Å². The fourth-order valence-electron chi connectivity index (χ4n) is 8.32. The molecule has 7 nitrogen and oxygen atoms in total. The molecule has 0 radical (unpaired) electrons. The Kier molecular flexibility index (Phi) is 5.85. The van der Waals surface area contributed by atoms with Gasteiger partial charge in [0, 0.05) is 30.7 Å². The molecule has 4 saturated carbocycles. The van der Waals surface area contributed by atoms with Gasteiger partial charge in [-0.25, -0.2) is 0 Å². The molecule has 1 saturated heterocycles. The van der Waals surface area contributed by atoms with E-state index in [4.69, 9.17) is 0 Å². The predicted octanol–water partition coefficient (Wildman–Crippen LogP) is 2.36. The Morgan fingerprint density at radius 1 is 0.971 bits per heavy atom. The van der Waals surface area contributed by atoms with Crippen LogP contribution in [0, 0.1) is 23.2 Å². The van der Waals surface area contributed by atoms with Crippen LogP contribution in [0.3, 0.4) is 0 Å². The Morgan fingerprint density at radius 3 is 2.31 bits per heavy atom. The molecule has 2 aliphatic heterocycles. The van der Waals surface area contributed by atoms with E-state index in [-0.39, 0.29) is 28.9 Å². The minimum Gasteiger partial charge on any atom is -0.337 e. The van der Waals surface area contributed by atoms with Gasteiger partial charge in [0.15, 0.2) is 0 Å². The van der Waals surface area contributed by atoms with E-state index in [1.807, 2.05) is 4.90 Å². The Bertz CT molecular complexity index is 1030. The molecule has 0 spiro atoms. The summed E-state index contributed by atoms with van der Waals surface area (Å²) in [6, 6.07) is 10.5. The van der Waals surface area contributed by atoms with E-state index in [0.717, 1.165) is 57.9 Å². The number of nitriles is 1. The van der Waals surface area contributed by atoms with Gasteiger partial charge in [-0.15, -0.1) is 0 Å². The van der Waals surface area contributed by atoms with Crippen LogP contribution in [0.5, 0.6) is 0 Å². The van der Waals surface area contributed by atoms with E-state index in [9.17, 15) is 14.9 Å². The summed E-state index contributed by atoms with van der Waals surface area (Å²) >= 11 is 0. The predicted molar refractivity (Wildman–Crippen MR) is 132 cm³/mol. The molecule has 7 rings (SSSR count). The van der Waals surface area contributed by atoms with Crippen LogP contribution in [0.4, 0.5) is 0 Å². The average Bonchev–Trinajstić information content (AvgIpc) is 3.34. The van der Waals surface area contributed by atoms with Crippen LogP contribution >= 0.6 is 0 Å². The van der Waals surface area contributed by atoms with Gasteiger partial charge in [-0.2, -0.15) is 5.26 Å². The number of carbonyl (C=O) groups is 2. The summed E-state index contributed by atoms with van der Waals surface area (Å²) in [5, 5.41) is 16.8. The maximum Gasteiger partial charge on any atom is 0.237 e. The van der Waals surface area contributed by atoms with E-state index >= 15 is 0 Å². The Labute approximate surface area is 208 Å². The van der Waals surface area contributed by atoms with Crippen molar-refractivity contribution in [2.75, 3.05) is 26.2 Å². The van der Waals surface area contributed by atoms with Gasteiger partial charge >= 0.3 is 0 Å². The fourth-order valence-corrected chi connectivity index (χ4v) is 8.32. The lowest BCUT2D eigenvalue weighted by Gasteiger charge is -2.62. The van der Waals surface area contributed by atoms with Crippen molar-refractivity contribution < 1.29 is 9.59 Å². The van der Waals surface area contributed by atoms with Gasteiger partial charge in [-0.3, -0.25) is 9.59 Å². The second-order valence-electron chi connectivity index (χ2n) is 11.9. The van der Waals surface area contributed by atoms with Crippen molar-refractivity contribution >= 4 is 11.8 Å². The molecule has 4 bridgehead atoms. The lowest BCUT2D eigenvalue weighted by molar-refractivity contribution is -0.133. The number of fused-ring (bicyclic) bond motifs is 1. The molecule has 7 heteroatoms. The van der Waals surface area contributed by atoms with Crippen molar-refractivity contribution in [1.29, 1.82) is 5.26 Å². The highest BCUT2D eigenvalue weighted by Crippen LogP contribution is 2.57. The molecule has 0 aromatic heterocycles. The van der Waals surface area contributed by atoms with Crippen molar-refractivity contribution in [3.63, 3.8) is 0 Å². The number of nitrogens with zero attached hydrogens (tertiary/aromatic N) is 3. The molecule has 3 atom stereocenters. The number of carbonyl (C=O) groups excluding carboxylic acids is 2. The smallest absolute Gasteiger partial charge is 0.237 e. The van der Waals surface area contributed by atoms with E-state index in [1.165, 1.54) is 17.5 Å². The van der Waals surface area contributed by atoms with Crippen LogP contribution in [0.2, 0.25) is 0 Å². The van der Waals surface area contributed by atoms with Gasteiger partial charge in [0.1, 0.15) is 6.04 Å². The number of rotatable bonds is 6. The molecule has 2 unspecified atom stereocenters. The number of likely N-dealkylation sites (tertiary alicyclic amines) is 1. The van der Waals surface area contributed by atoms with Crippen molar-refractivity contribution in [3.05, 3.63) is 35.4 Å². The third kappa shape index (κ3) is 4.36. The van der Waals surface area contributed by atoms with E-state index in [0.29, 0.717) is 38.0 Å². The lowest BCUT2D eigenvalue weighted by atomic mass is 9.50. The summed E-state index contributed by atoms with van der Waals surface area (Å²) in [5.74, 6) is 1.57. The zero-order chi connectivity index (χ0) is 24.0. The largest absolute Gasteiger partial charge is 0.337 e. The number of nitrogens with one attached hydrogen (secondary N) is 2. The summed E-state index contributed by atoms with van der Waals surface area (Å²) in [4.78, 5) is 29.9. The monoisotopic (exact) mass is 475 g/mol. The summed E-state index contributed by atoms with van der Waals surface area (Å²) in [6.07, 6.45) is 9.43. The van der Waals surface area contributed by atoms with E-state index < -0.39 is 0 Å². The molecule has 2 amide bonds. The maximum absolute atomic E-state index is 13.2. The summed E-state index contributed by atoms with van der Waals surface area (Å²) in [6.45, 7) is 2.92. The number of hydrogen-bond acceptors (Lipinski definition) is 5. The Hall–Kier alpha value is -2.43. The third-order valence-electron chi connectivity index (χ3n) is 9.50. The van der Waals surface area contributed by atoms with Gasteiger partial charge in [0.05, 0.1) is 19.2 Å². The highest BCUT2D eigenvalue weighted by molar-refractivity contribution is 5.79. The third-order valence-corrected chi connectivity index (χ3v) is 9.50. The minimum atomic E-state index is -0.263. The van der Waals surface area contributed by atoms with Gasteiger partial charge < -0.3 is 20.4 Å². The standard InChI is InChI=1S/C28H37N5O2/c29-15-24-6-3-8-33(24)26(35)17-31-28-13-20-10-21(14-28)12-27(11-20,19-28)30-16-25(34)32-9-7-22-4-1-2-5-23(22)18-32/h1-2,4-5,20-21,24,30-31H,3,6-14,16-19H2/t20?,21?,24-,27?,28?/m0/s1. The molecule has 2 N–H and O–H groups in total. The first-order chi connectivity index (χ1) is 17.0. The first-order valence-corrected chi connectivity index (χ1v) is 13.5. The fraction of sp³-hybridized carbons (Fsp3) is 0.679. The van der Waals surface area contributed by atoms with Crippen molar-refractivity contribution in [3.8, 4) is 6.07 Å². The van der Waals surface area contributed by atoms with Gasteiger partial charge in [-0.1, -0.05) is 24.3 Å². The highest BCUT2D eigenvalue weighted by Gasteiger charge is 2.57. The average molecular weight is 476 g/mol. The van der Waals surface area contributed by atoms with Crippen molar-refractivity contribution in [2.45, 2.75) is 81.5 Å². The number of hydrogen-bond donors (Lipinski definition) is 2. The first kappa shape index (κ1) is 23.0. The van der Waals surface area contributed by atoms with Crippen LogP contribution in [0.1, 0.15) is 62.5 Å². The molecular weight excluding hydrogens is 438 g/mol. The SMILES string of the molecule is N#C[C@@H]1CCCN1C(=O)CNC12CC3CC(CC(NCC(=O)N4CCc5ccccc5C4)(C3)C1)C2. The molecule has 2 heterocycles. The quantitative estimate of drug-likeness (QED) is 0.660. The van der Waals surface area contributed by atoms with Crippen molar-refractivity contribution in [1.82, 2.24) is 20.4 Å². The minimum absolute atomic E-state index is 0.00762. The van der Waals surface area contributed by atoms with Gasteiger partial charge in [-0.05, 0) is 80.8 Å². The molecule has 35 heavy (non-hydrogen) atoms. The van der Waals surface area contributed by atoms with Crippen LogP contribution in [0.25, 0.3) is 0 Å². The topological polar surface area (TPSA) is 88.5 Å². The number of benzene rings is 1. The first-order valence-electron chi connectivity index (χ1n) is 13.5. The van der Waals surface area contributed by atoms with E-state index in [1.54, 1.807) is 4.90 Å². The zero-order valence-corrected chi connectivity index (χ0v) is 20.6. The second-order valence-corrected chi connectivity index (χ2v) is 11.9. The lowest BCUT2D eigenvalue weighted by Crippen LogP contribution is -2.69. The Balaban J connectivity index is 1.08. The summed E-state index contributed by atoms with van der Waals surface area (Å²) < 4.78 is 0. The van der Waals surface area contributed by atoms with Gasteiger partial charge in [0.2, 0.25) is 11.8 Å². The molecular formula is C28H37N5O2. The molecule has 1 aromatic rings. The maximum atomic E-state index is 13.2. The normalized spacial score (nSPS) is 35.1. The second kappa shape index (κ2) is 8.90. The van der Waals surface area contributed by atoms with E-state index in [2.05, 4.69) is 41.0 Å². The molecule has 186 valence electrons. The van der Waals surface area contributed by atoms with Gasteiger partial charge in [0.25, 0.3) is 0 Å². The van der Waals surface area contributed by atoms with Crippen LogP contribution in [-0.2, 0) is 22.6 Å². The highest BCUT2D eigenvalue weighted by atomic mass is 16.2. The molecule has 4 aliphatic carbocycles. The zero-order valence-electron chi connectivity index (χ0n) is 20.6. The van der Waals surface area contributed by atoms with Crippen molar-refractivity contribution in [2.24, 2.45) is 11.8 Å². The van der Waals surface area contributed by atoms with Crippen LogP contribution in [-0.4, -0.2) is 64.9 Å². The number of amides is 2. The summed E-state index contributed by atoms with van der Waals surface area (Å²) in [7, 11) is 0.